The van der Waals surface area contributed by atoms with E-state index < -0.39 is 11.9 Å². The first-order chi connectivity index (χ1) is 10.0. The molecule has 0 aliphatic rings. The van der Waals surface area contributed by atoms with Gasteiger partial charge in [-0.05, 0) is 12.1 Å². The van der Waals surface area contributed by atoms with Crippen LogP contribution < -0.4 is 5.32 Å². The molecule has 0 unspecified atom stereocenters. The van der Waals surface area contributed by atoms with Crippen molar-refractivity contribution in [2.45, 2.75) is 6.61 Å². The molecule has 1 aromatic heterocycles. The number of carbonyl (C=O) groups excluding carboxylic acids is 1. The van der Waals surface area contributed by atoms with Crippen LogP contribution >= 0.6 is 11.6 Å². The first kappa shape index (κ1) is 15.0. The van der Waals surface area contributed by atoms with Crippen LogP contribution in [0.4, 0.5) is 5.69 Å². The predicted molar refractivity (Wildman–Crippen MR) is 73.6 cm³/mol. The maximum atomic E-state index is 12.0. The lowest BCUT2D eigenvalue weighted by Crippen LogP contribution is -2.15. The first-order valence-corrected chi connectivity index (χ1v) is 6.18. The minimum Gasteiger partial charge on any atom is -0.478 e. The lowest BCUT2D eigenvalue weighted by atomic mass is 10.1. The highest BCUT2D eigenvalue weighted by Gasteiger charge is 2.18. The summed E-state index contributed by atoms with van der Waals surface area (Å²) >= 11 is 5.82. The van der Waals surface area contributed by atoms with Crippen LogP contribution in [-0.2, 0) is 11.3 Å². The third-order valence-corrected chi connectivity index (χ3v) is 2.87. The average Bonchev–Trinajstić information content (AvgIpc) is 2.87. The van der Waals surface area contributed by atoms with Gasteiger partial charge in [0.15, 0.2) is 11.5 Å². The fourth-order valence-electron chi connectivity index (χ4n) is 1.66. The highest BCUT2D eigenvalue weighted by Crippen LogP contribution is 2.24. The number of carboxylic acids is 1. The Bertz CT molecular complexity index is 683. The summed E-state index contributed by atoms with van der Waals surface area (Å²) in [5, 5.41) is 15.2. The van der Waals surface area contributed by atoms with Crippen molar-refractivity contribution >= 4 is 29.2 Å². The molecule has 0 atom stereocenters. The van der Waals surface area contributed by atoms with E-state index in [1.165, 1.54) is 31.4 Å². The lowest BCUT2D eigenvalue weighted by molar-refractivity contribution is 0.0698. The van der Waals surface area contributed by atoms with Crippen molar-refractivity contribution in [3.63, 3.8) is 0 Å². The number of anilines is 1. The largest absolute Gasteiger partial charge is 0.478 e. The van der Waals surface area contributed by atoms with Crippen LogP contribution in [0.2, 0.25) is 5.02 Å². The number of methoxy groups -OCH3 is 1. The lowest BCUT2D eigenvalue weighted by Gasteiger charge is -2.08. The standard InChI is InChI=1S/C13H11ClN2O5/c1-20-6-7-5-10(16-21-7)12(17)15-9-4-2-3-8(14)11(9)13(18)19/h2-5H,6H2,1H3,(H,15,17)(H,18,19). The molecule has 8 heteroatoms. The van der Waals surface area contributed by atoms with E-state index in [1.54, 1.807) is 0 Å². The van der Waals surface area contributed by atoms with Crippen molar-refractivity contribution in [3.05, 3.63) is 46.3 Å². The zero-order valence-electron chi connectivity index (χ0n) is 10.9. The molecule has 0 saturated carbocycles. The third kappa shape index (κ3) is 3.39. The molecule has 0 spiro atoms. The van der Waals surface area contributed by atoms with Gasteiger partial charge in [0, 0.05) is 13.2 Å². The Hall–Kier alpha value is -2.38. The van der Waals surface area contributed by atoms with Crippen molar-refractivity contribution in [2.75, 3.05) is 12.4 Å². The van der Waals surface area contributed by atoms with Crippen LogP contribution in [0.3, 0.4) is 0 Å². The van der Waals surface area contributed by atoms with Crippen LogP contribution in [0, 0.1) is 0 Å². The highest BCUT2D eigenvalue weighted by molar-refractivity contribution is 6.34. The van der Waals surface area contributed by atoms with Crippen LogP contribution in [0.5, 0.6) is 0 Å². The van der Waals surface area contributed by atoms with Gasteiger partial charge in [0.05, 0.1) is 10.7 Å². The van der Waals surface area contributed by atoms with E-state index in [0.717, 1.165) is 0 Å². The highest BCUT2D eigenvalue weighted by atomic mass is 35.5. The van der Waals surface area contributed by atoms with Gasteiger partial charge in [0.2, 0.25) is 0 Å². The number of carboxylic acid groups (broad SMARTS) is 1. The Morgan fingerprint density at radius 2 is 2.24 bits per heavy atom. The minimum atomic E-state index is -1.24. The summed E-state index contributed by atoms with van der Waals surface area (Å²) < 4.78 is 9.73. The fraction of sp³-hybridized carbons (Fsp3) is 0.154. The molecule has 0 bridgehead atoms. The number of carbonyl (C=O) groups is 2. The van der Waals surface area contributed by atoms with Gasteiger partial charge in [-0.3, -0.25) is 4.79 Å². The second-order valence-electron chi connectivity index (χ2n) is 4.03. The number of hydrogen-bond acceptors (Lipinski definition) is 5. The van der Waals surface area contributed by atoms with Crippen molar-refractivity contribution in [1.82, 2.24) is 5.16 Å². The van der Waals surface area contributed by atoms with E-state index in [2.05, 4.69) is 10.5 Å². The van der Waals surface area contributed by atoms with E-state index in [1.807, 2.05) is 0 Å². The van der Waals surface area contributed by atoms with Gasteiger partial charge in [-0.25, -0.2) is 4.79 Å². The number of hydrogen-bond donors (Lipinski definition) is 2. The molecular weight excluding hydrogens is 300 g/mol. The van der Waals surface area contributed by atoms with Gasteiger partial charge in [0.25, 0.3) is 5.91 Å². The van der Waals surface area contributed by atoms with Gasteiger partial charge >= 0.3 is 5.97 Å². The second kappa shape index (κ2) is 6.38. The number of rotatable bonds is 5. The smallest absolute Gasteiger partial charge is 0.339 e. The molecule has 0 saturated heterocycles. The number of nitrogens with zero attached hydrogens (tertiary/aromatic N) is 1. The summed E-state index contributed by atoms with van der Waals surface area (Å²) in [6, 6.07) is 5.80. The van der Waals surface area contributed by atoms with Crippen molar-refractivity contribution in [2.24, 2.45) is 0 Å². The van der Waals surface area contributed by atoms with Gasteiger partial charge in [0.1, 0.15) is 12.2 Å². The molecule has 0 aliphatic heterocycles. The average molecular weight is 311 g/mol. The summed E-state index contributed by atoms with van der Waals surface area (Å²) in [5.74, 6) is -1.46. The molecule has 2 aromatic rings. The Balaban J connectivity index is 2.23. The predicted octanol–water partition coefficient (Wildman–Crippen LogP) is 2.42. The fourth-order valence-corrected chi connectivity index (χ4v) is 1.92. The first-order valence-electron chi connectivity index (χ1n) is 5.80. The third-order valence-electron chi connectivity index (χ3n) is 2.55. The van der Waals surface area contributed by atoms with Gasteiger partial charge in [-0.15, -0.1) is 0 Å². The molecule has 0 aliphatic carbocycles. The summed E-state index contributed by atoms with van der Waals surface area (Å²) in [6.07, 6.45) is 0. The summed E-state index contributed by atoms with van der Waals surface area (Å²) in [5.41, 5.74) is -0.0946. The molecule has 110 valence electrons. The molecule has 2 N–H and O–H groups in total. The van der Waals surface area contributed by atoms with Crippen LogP contribution in [0.1, 0.15) is 26.6 Å². The topological polar surface area (TPSA) is 102 Å². The minimum absolute atomic E-state index is 0.0124. The van der Waals surface area contributed by atoms with Crippen LogP contribution in [0.25, 0.3) is 0 Å². The van der Waals surface area contributed by atoms with E-state index >= 15 is 0 Å². The number of ether oxygens (including phenoxy) is 1. The zero-order valence-corrected chi connectivity index (χ0v) is 11.7. The maximum absolute atomic E-state index is 12.0. The van der Waals surface area contributed by atoms with Gasteiger partial charge < -0.3 is 19.7 Å². The number of nitrogens with one attached hydrogen (secondary N) is 1. The number of halogens is 1. The van der Waals surface area contributed by atoms with Crippen LogP contribution in [0.15, 0.2) is 28.8 Å². The molecule has 1 amide bonds. The number of amides is 1. The van der Waals surface area contributed by atoms with E-state index in [4.69, 9.17) is 26.0 Å². The van der Waals surface area contributed by atoms with Crippen molar-refractivity contribution in [3.8, 4) is 0 Å². The molecule has 0 fully saturated rings. The molecule has 7 nitrogen and oxygen atoms in total. The van der Waals surface area contributed by atoms with Gasteiger partial charge in [-0.2, -0.15) is 0 Å². The zero-order chi connectivity index (χ0) is 15.4. The normalized spacial score (nSPS) is 10.4. The van der Waals surface area contributed by atoms with E-state index in [-0.39, 0.29) is 28.6 Å². The number of aromatic nitrogens is 1. The maximum Gasteiger partial charge on any atom is 0.339 e. The molecule has 1 heterocycles. The SMILES string of the molecule is COCc1cc(C(=O)Nc2cccc(Cl)c2C(=O)O)no1. The van der Waals surface area contributed by atoms with E-state index in [0.29, 0.717) is 5.76 Å². The Labute approximate surface area is 124 Å². The Morgan fingerprint density at radius 1 is 1.48 bits per heavy atom. The van der Waals surface area contributed by atoms with Crippen LogP contribution in [-0.4, -0.2) is 29.2 Å². The monoisotopic (exact) mass is 310 g/mol. The number of aromatic carboxylic acids is 1. The summed E-state index contributed by atoms with van der Waals surface area (Å²) in [4.78, 5) is 23.2. The number of benzene rings is 1. The molecule has 0 radical (unpaired) electrons. The Morgan fingerprint density at radius 3 is 2.90 bits per heavy atom. The van der Waals surface area contributed by atoms with Crippen molar-refractivity contribution in [1.29, 1.82) is 0 Å². The Kier molecular flexibility index (Phi) is 4.56. The molecule has 2 rings (SSSR count). The molecule has 1 aromatic carbocycles. The summed E-state index contributed by atoms with van der Waals surface area (Å²) in [7, 11) is 1.48. The summed E-state index contributed by atoms with van der Waals surface area (Å²) in [6.45, 7) is 0.178. The van der Waals surface area contributed by atoms with Gasteiger partial charge in [-0.1, -0.05) is 22.8 Å². The molecular formula is C13H11ClN2O5. The second-order valence-corrected chi connectivity index (χ2v) is 4.44. The van der Waals surface area contributed by atoms with E-state index in [9.17, 15) is 9.59 Å². The quantitative estimate of drug-likeness (QED) is 0.879. The van der Waals surface area contributed by atoms with Crippen molar-refractivity contribution < 1.29 is 24.0 Å². The molecule has 21 heavy (non-hydrogen) atoms.